The molecule has 0 bridgehead atoms. The van der Waals surface area contributed by atoms with E-state index in [0.29, 0.717) is 17.9 Å². The molecule has 0 saturated carbocycles. The maximum Gasteiger partial charge on any atom is 0.175 e. The van der Waals surface area contributed by atoms with Crippen LogP contribution in [0.15, 0.2) is 47.4 Å². The molecule has 1 aromatic heterocycles. The number of rotatable bonds is 3. The molecule has 0 aliphatic rings. The fourth-order valence-electron chi connectivity index (χ4n) is 2.20. The Balaban J connectivity index is 2.12. The van der Waals surface area contributed by atoms with E-state index in [1.165, 1.54) is 6.26 Å². The van der Waals surface area contributed by atoms with E-state index in [0.717, 1.165) is 16.6 Å². The van der Waals surface area contributed by atoms with Gasteiger partial charge in [-0.05, 0) is 29.8 Å². The number of nitrogens with zero attached hydrogens (tertiary/aromatic N) is 1. The van der Waals surface area contributed by atoms with Gasteiger partial charge in [0.15, 0.2) is 9.84 Å². The summed E-state index contributed by atoms with van der Waals surface area (Å²) in [6.45, 7) is 0.465. The molecule has 3 aromatic rings. The van der Waals surface area contributed by atoms with Crippen molar-refractivity contribution in [2.45, 2.75) is 11.4 Å². The zero-order chi connectivity index (χ0) is 15.0. The normalized spacial score (nSPS) is 11.9. The molecule has 0 aliphatic carbocycles. The lowest BCUT2D eigenvalue weighted by Crippen LogP contribution is -1.96. The molecule has 1 heterocycles. The summed E-state index contributed by atoms with van der Waals surface area (Å²) in [6.07, 6.45) is 1.19. The number of imidazole rings is 1. The maximum absolute atomic E-state index is 11.6. The SMILES string of the molecule is CS(=O)(=O)c1ccc2nc(-c3cccc(CN)c3)[nH]c2c1. The van der Waals surface area contributed by atoms with Crippen molar-refractivity contribution in [3.8, 4) is 11.4 Å². The van der Waals surface area contributed by atoms with E-state index >= 15 is 0 Å². The first-order valence-electron chi connectivity index (χ1n) is 6.46. The predicted octanol–water partition coefficient (Wildman–Crippen LogP) is 2.09. The Bertz CT molecular complexity index is 914. The highest BCUT2D eigenvalue weighted by Gasteiger charge is 2.11. The number of aromatic nitrogens is 2. The fourth-order valence-corrected chi connectivity index (χ4v) is 2.85. The molecule has 0 aliphatic heterocycles. The molecule has 0 spiro atoms. The minimum absolute atomic E-state index is 0.279. The second kappa shape index (κ2) is 4.98. The highest BCUT2D eigenvalue weighted by Crippen LogP contribution is 2.23. The molecule has 0 fully saturated rings. The van der Waals surface area contributed by atoms with E-state index in [1.54, 1.807) is 18.2 Å². The number of nitrogens with two attached hydrogens (primary N) is 1. The van der Waals surface area contributed by atoms with E-state index in [2.05, 4.69) is 9.97 Å². The molecule has 0 unspecified atom stereocenters. The molecule has 0 radical (unpaired) electrons. The van der Waals surface area contributed by atoms with Gasteiger partial charge in [-0.2, -0.15) is 0 Å². The summed E-state index contributed by atoms with van der Waals surface area (Å²) in [4.78, 5) is 7.93. The molecule has 3 N–H and O–H groups in total. The Labute approximate surface area is 122 Å². The maximum atomic E-state index is 11.6. The van der Waals surface area contributed by atoms with Gasteiger partial charge in [0, 0.05) is 18.4 Å². The Hall–Kier alpha value is -2.18. The van der Waals surface area contributed by atoms with Crippen LogP contribution < -0.4 is 5.73 Å². The van der Waals surface area contributed by atoms with Gasteiger partial charge in [-0.15, -0.1) is 0 Å². The number of benzene rings is 2. The van der Waals surface area contributed by atoms with Crippen LogP contribution in [-0.4, -0.2) is 24.6 Å². The molecule has 108 valence electrons. The summed E-state index contributed by atoms with van der Waals surface area (Å²) in [7, 11) is -3.22. The van der Waals surface area contributed by atoms with Crippen molar-refractivity contribution < 1.29 is 8.42 Å². The summed E-state index contributed by atoms with van der Waals surface area (Å²) in [5, 5.41) is 0. The summed E-state index contributed by atoms with van der Waals surface area (Å²) >= 11 is 0. The molecule has 5 nitrogen and oxygen atoms in total. The standard InChI is InChI=1S/C15H15N3O2S/c1-21(19,20)12-5-6-13-14(8-12)18-15(17-13)11-4-2-3-10(7-11)9-16/h2-8H,9,16H2,1H3,(H,17,18). The van der Waals surface area contributed by atoms with E-state index in [1.807, 2.05) is 24.3 Å². The van der Waals surface area contributed by atoms with Gasteiger partial charge in [0.25, 0.3) is 0 Å². The summed E-state index contributed by atoms with van der Waals surface area (Å²) in [6, 6.07) is 12.7. The molecule has 2 aromatic carbocycles. The van der Waals surface area contributed by atoms with Crippen molar-refractivity contribution >= 4 is 20.9 Å². The summed E-state index contributed by atoms with van der Waals surface area (Å²) in [5.74, 6) is 0.700. The number of fused-ring (bicyclic) bond motifs is 1. The zero-order valence-corrected chi connectivity index (χ0v) is 12.3. The first kappa shape index (κ1) is 13.8. The molecular formula is C15H15N3O2S. The number of aromatic amines is 1. The topological polar surface area (TPSA) is 88.8 Å². The largest absolute Gasteiger partial charge is 0.338 e. The van der Waals surface area contributed by atoms with Crippen molar-refractivity contribution in [2.24, 2.45) is 5.73 Å². The second-order valence-electron chi connectivity index (χ2n) is 4.94. The van der Waals surface area contributed by atoms with Gasteiger partial charge in [0.05, 0.1) is 15.9 Å². The molecule has 6 heteroatoms. The third-order valence-corrected chi connectivity index (χ3v) is 4.43. The van der Waals surface area contributed by atoms with Crippen molar-refractivity contribution in [2.75, 3.05) is 6.26 Å². The first-order chi connectivity index (χ1) is 9.97. The Kier molecular flexibility index (Phi) is 3.27. The predicted molar refractivity (Wildman–Crippen MR) is 82.5 cm³/mol. The van der Waals surface area contributed by atoms with Crippen LogP contribution in [0.2, 0.25) is 0 Å². The number of nitrogens with one attached hydrogen (secondary N) is 1. The van der Waals surface area contributed by atoms with E-state index in [-0.39, 0.29) is 4.90 Å². The molecule has 0 atom stereocenters. The van der Waals surface area contributed by atoms with Crippen molar-refractivity contribution in [1.29, 1.82) is 0 Å². The van der Waals surface area contributed by atoms with Gasteiger partial charge in [0.1, 0.15) is 5.82 Å². The highest BCUT2D eigenvalue weighted by atomic mass is 32.2. The van der Waals surface area contributed by atoms with Crippen LogP contribution in [0.4, 0.5) is 0 Å². The van der Waals surface area contributed by atoms with Crippen LogP contribution >= 0.6 is 0 Å². The van der Waals surface area contributed by atoms with Gasteiger partial charge in [-0.3, -0.25) is 0 Å². The highest BCUT2D eigenvalue weighted by molar-refractivity contribution is 7.90. The monoisotopic (exact) mass is 301 g/mol. The Morgan fingerprint density at radius 3 is 2.71 bits per heavy atom. The number of hydrogen-bond acceptors (Lipinski definition) is 4. The van der Waals surface area contributed by atoms with Crippen LogP contribution in [0.1, 0.15) is 5.56 Å². The third kappa shape index (κ3) is 2.68. The van der Waals surface area contributed by atoms with E-state index in [4.69, 9.17) is 5.73 Å². The van der Waals surface area contributed by atoms with Gasteiger partial charge in [-0.25, -0.2) is 13.4 Å². The van der Waals surface area contributed by atoms with Crippen LogP contribution in [0.3, 0.4) is 0 Å². The minimum Gasteiger partial charge on any atom is -0.338 e. The lowest BCUT2D eigenvalue weighted by Gasteiger charge is -1.99. The fraction of sp³-hybridized carbons (Fsp3) is 0.133. The van der Waals surface area contributed by atoms with Gasteiger partial charge >= 0.3 is 0 Å². The molecule has 3 rings (SSSR count). The molecule has 0 saturated heterocycles. The van der Waals surface area contributed by atoms with E-state index in [9.17, 15) is 8.42 Å². The Morgan fingerprint density at radius 1 is 1.19 bits per heavy atom. The Morgan fingerprint density at radius 2 is 2.00 bits per heavy atom. The van der Waals surface area contributed by atoms with Gasteiger partial charge in [0.2, 0.25) is 0 Å². The van der Waals surface area contributed by atoms with Gasteiger partial charge < -0.3 is 10.7 Å². The average Bonchev–Trinajstić information content (AvgIpc) is 2.89. The lowest BCUT2D eigenvalue weighted by atomic mass is 10.1. The second-order valence-corrected chi connectivity index (χ2v) is 6.96. The van der Waals surface area contributed by atoms with Crippen LogP contribution in [0.25, 0.3) is 22.4 Å². The number of hydrogen-bond donors (Lipinski definition) is 2. The van der Waals surface area contributed by atoms with Gasteiger partial charge in [-0.1, -0.05) is 18.2 Å². The quantitative estimate of drug-likeness (QED) is 0.775. The number of H-pyrrole nitrogens is 1. The molecule has 0 amide bonds. The zero-order valence-electron chi connectivity index (χ0n) is 11.5. The molecule has 21 heavy (non-hydrogen) atoms. The summed E-state index contributed by atoms with van der Waals surface area (Å²) in [5.41, 5.74) is 9.02. The van der Waals surface area contributed by atoms with Crippen LogP contribution in [-0.2, 0) is 16.4 Å². The minimum atomic E-state index is -3.22. The average molecular weight is 301 g/mol. The van der Waals surface area contributed by atoms with E-state index < -0.39 is 9.84 Å². The summed E-state index contributed by atoms with van der Waals surface area (Å²) < 4.78 is 23.2. The molecular weight excluding hydrogens is 286 g/mol. The lowest BCUT2D eigenvalue weighted by molar-refractivity contribution is 0.602. The smallest absolute Gasteiger partial charge is 0.175 e. The first-order valence-corrected chi connectivity index (χ1v) is 8.36. The van der Waals surface area contributed by atoms with Crippen molar-refractivity contribution in [1.82, 2.24) is 9.97 Å². The van der Waals surface area contributed by atoms with Crippen LogP contribution in [0, 0.1) is 0 Å². The number of sulfone groups is 1. The third-order valence-electron chi connectivity index (χ3n) is 3.32. The van der Waals surface area contributed by atoms with Crippen molar-refractivity contribution in [3.05, 3.63) is 48.0 Å². The van der Waals surface area contributed by atoms with Crippen LogP contribution in [0.5, 0.6) is 0 Å². The van der Waals surface area contributed by atoms with Crippen molar-refractivity contribution in [3.63, 3.8) is 0 Å².